The summed E-state index contributed by atoms with van der Waals surface area (Å²) in [6.07, 6.45) is 4.85. The summed E-state index contributed by atoms with van der Waals surface area (Å²) in [5.74, 6) is 1.08. The number of imidazole rings is 1. The maximum absolute atomic E-state index is 13.2. The number of hydrogen-bond acceptors (Lipinski definition) is 2. The third-order valence-electron chi connectivity index (χ3n) is 3.82. The van der Waals surface area contributed by atoms with Gasteiger partial charge in [0.1, 0.15) is 5.82 Å². The normalized spacial score (nSPS) is 17.2. The van der Waals surface area contributed by atoms with Gasteiger partial charge in [-0.1, -0.05) is 19.8 Å². The summed E-state index contributed by atoms with van der Waals surface area (Å²) in [4.78, 5) is 4.27. The van der Waals surface area contributed by atoms with Crippen LogP contribution in [0.25, 0.3) is 11.0 Å². The average molecular weight is 247 g/mol. The zero-order valence-corrected chi connectivity index (χ0v) is 10.6. The minimum atomic E-state index is -0.262. The molecular formula is C14H18FN3. The molecule has 0 saturated heterocycles. The highest BCUT2D eigenvalue weighted by Gasteiger charge is 2.27. The summed E-state index contributed by atoms with van der Waals surface area (Å²) in [5.41, 5.74) is 7.61. The van der Waals surface area contributed by atoms with Crippen LogP contribution >= 0.6 is 0 Å². The largest absolute Gasteiger partial charge is 0.369 e. The van der Waals surface area contributed by atoms with E-state index >= 15 is 0 Å². The molecule has 1 aromatic heterocycles. The molecule has 1 aliphatic rings. The molecule has 2 N–H and O–H groups in total. The fourth-order valence-corrected chi connectivity index (χ4v) is 2.67. The number of nitrogens with zero attached hydrogens (tertiary/aromatic N) is 2. The van der Waals surface area contributed by atoms with E-state index in [1.807, 2.05) is 0 Å². The van der Waals surface area contributed by atoms with Gasteiger partial charge in [-0.25, -0.2) is 9.37 Å². The van der Waals surface area contributed by atoms with Crippen molar-refractivity contribution in [3.8, 4) is 0 Å². The highest BCUT2D eigenvalue weighted by molar-refractivity contribution is 5.78. The van der Waals surface area contributed by atoms with Crippen LogP contribution in [0, 0.1) is 11.7 Å². The van der Waals surface area contributed by atoms with Gasteiger partial charge in [-0.3, -0.25) is 0 Å². The maximum atomic E-state index is 13.2. The second kappa shape index (κ2) is 4.26. The lowest BCUT2D eigenvalue weighted by atomic mass is 10.1. The quantitative estimate of drug-likeness (QED) is 0.898. The molecule has 1 fully saturated rings. The van der Waals surface area contributed by atoms with Crippen LogP contribution in [-0.4, -0.2) is 9.55 Å². The first-order valence-electron chi connectivity index (χ1n) is 6.62. The predicted octanol–water partition coefficient (Wildman–Crippen LogP) is 3.51. The van der Waals surface area contributed by atoms with E-state index in [4.69, 9.17) is 5.73 Å². The molecule has 18 heavy (non-hydrogen) atoms. The van der Waals surface area contributed by atoms with Crippen molar-refractivity contribution in [1.82, 2.24) is 9.55 Å². The molecule has 1 heterocycles. The molecule has 1 saturated carbocycles. The monoisotopic (exact) mass is 247 g/mol. The van der Waals surface area contributed by atoms with Crippen molar-refractivity contribution in [2.75, 3.05) is 5.73 Å². The number of nitrogen functional groups attached to an aromatic ring is 1. The van der Waals surface area contributed by atoms with Crippen LogP contribution in [0.5, 0.6) is 0 Å². The number of halogens is 1. The number of fused-ring (bicyclic) bond motifs is 1. The van der Waals surface area contributed by atoms with Crippen LogP contribution in [0.15, 0.2) is 18.2 Å². The molecule has 0 radical (unpaired) electrons. The molecule has 1 aliphatic carbocycles. The Kier molecular flexibility index (Phi) is 2.73. The van der Waals surface area contributed by atoms with Gasteiger partial charge >= 0.3 is 0 Å². The zero-order chi connectivity index (χ0) is 12.7. The van der Waals surface area contributed by atoms with E-state index in [0.29, 0.717) is 17.5 Å². The summed E-state index contributed by atoms with van der Waals surface area (Å²) in [6.45, 7) is 2.17. The number of benzene rings is 1. The Morgan fingerprint density at radius 1 is 1.50 bits per heavy atom. The fourth-order valence-electron chi connectivity index (χ4n) is 2.67. The van der Waals surface area contributed by atoms with Crippen LogP contribution in [0.1, 0.15) is 38.6 Å². The third-order valence-corrected chi connectivity index (χ3v) is 3.82. The highest BCUT2D eigenvalue weighted by atomic mass is 19.1. The van der Waals surface area contributed by atoms with Crippen molar-refractivity contribution in [2.45, 2.75) is 38.6 Å². The summed E-state index contributed by atoms with van der Waals surface area (Å²) in [5, 5.41) is 0. The van der Waals surface area contributed by atoms with Gasteiger partial charge in [0, 0.05) is 12.1 Å². The van der Waals surface area contributed by atoms with Crippen LogP contribution in [0.2, 0.25) is 0 Å². The van der Waals surface area contributed by atoms with Crippen molar-refractivity contribution in [3.05, 3.63) is 24.0 Å². The topological polar surface area (TPSA) is 43.8 Å². The number of nitrogens with two attached hydrogens (primary N) is 1. The maximum Gasteiger partial charge on any atom is 0.201 e. The molecule has 0 spiro atoms. The second-order valence-electron chi connectivity index (χ2n) is 5.21. The smallest absolute Gasteiger partial charge is 0.201 e. The standard InChI is InChI=1S/C14H18FN3/c1-2-11(7-9-3-4-9)18-13-6-5-10(15)8-12(13)17-14(18)16/h5-6,8-9,11H,2-4,7H2,1H3,(H2,16,17). The first kappa shape index (κ1) is 11.5. The van der Waals surface area contributed by atoms with Gasteiger partial charge in [0.05, 0.1) is 11.0 Å². The molecule has 1 unspecified atom stereocenters. The average Bonchev–Trinajstić information content (AvgIpc) is 3.09. The fraction of sp³-hybridized carbons (Fsp3) is 0.500. The van der Waals surface area contributed by atoms with E-state index in [-0.39, 0.29) is 5.82 Å². The van der Waals surface area contributed by atoms with Gasteiger partial charge in [-0.15, -0.1) is 0 Å². The number of aromatic nitrogens is 2. The lowest BCUT2D eigenvalue weighted by Crippen LogP contribution is -2.12. The summed E-state index contributed by atoms with van der Waals surface area (Å²) < 4.78 is 15.3. The minimum Gasteiger partial charge on any atom is -0.369 e. The number of rotatable bonds is 4. The molecule has 0 bridgehead atoms. The van der Waals surface area contributed by atoms with Crippen molar-refractivity contribution >= 4 is 17.0 Å². The van der Waals surface area contributed by atoms with E-state index in [1.54, 1.807) is 6.07 Å². The van der Waals surface area contributed by atoms with Gasteiger partial charge in [-0.2, -0.15) is 0 Å². The van der Waals surface area contributed by atoms with Crippen LogP contribution in [-0.2, 0) is 0 Å². The number of anilines is 1. The van der Waals surface area contributed by atoms with E-state index in [0.717, 1.165) is 24.3 Å². The van der Waals surface area contributed by atoms with Crippen molar-refractivity contribution in [1.29, 1.82) is 0 Å². The zero-order valence-electron chi connectivity index (χ0n) is 10.6. The van der Waals surface area contributed by atoms with Gasteiger partial charge in [0.15, 0.2) is 0 Å². The van der Waals surface area contributed by atoms with E-state index in [9.17, 15) is 4.39 Å². The van der Waals surface area contributed by atoms with Crippen LogP contribution < -0.4 is 5.73 Å². The van der Waals surface area contributed by atoms with E-state index in [1.165, 1.54) is 25.0 Å². The molecule has 1 aromatic carbocycles. The molecule has 4 heteroatoms. The van der Waals surface area contributed by atoms with Gasteiger partial charge < -0.3 is 10.3 Å². The van der Waals surface area contributed by atoms with Crippen molar-refractivity contribution in [2.24, 2.45) is 5.92 Å². The van der Waals surface area contributed by atoms with E-state index in [2.05, 4.69) is 16.5 Å². The van der Waals surface area contributed by atoms with Crippen LogP contribution in [0.3, 0.4) is 0 Å². The summed E-state index contributed by atoms with van der Waals surface area (Å²) >= 11 is 0. The first-order valence-corrected chi connectivity index (χ1v) is 6.62. The molecule has 2 aromatic rings. The Morgan fingerprint density at radius 2 is 2.28 bits per heavy atom. The molecule has 3 rings (SSSR count). The third kappa shape index (κ3) is 1.96. The van der Waals surface area contributed by atoms with E-state index < -0.39 is 0 Å². The molecule has 0 aliphatic heterocycles. The molecule has 3 nitrogen and oxygen atoms in total. The predicted molar refractivity (Wildman–Crippen MR) is 70.8 cm³/mol. The minimum absolute atomic E-state index is 0.262. The molecular weight excluding hydrogens is 229 g/mol. The van der Waals surface area contributed by atoms with Gasteiger partial charge in [0.2, 0.25) is 5.95 Å². The van der Waals surface area contributed by atoms with Crippen molar-refractivity contribution < 1.29 is 4.39 Å². The Balaban J connectivity index is 2.05. The lowest BCUT2D eigenvalue weighted by Gasteiger charge is -2.18. The van der Waals surface area contributed by atoms with Gasteiger partial charge in [-0.05, 0) is 30.9 Å². The second-order valence-corrected chi connectivity index (χ2v) is 5.21. The molecule has 0 amide bonds. The lowest BCUT2D eigenvalue weighted by molar-refractivity contribution is 0.442. The van der Waals surface area contributed by atoms with Crippen molar-refractivity contribution in [3.63, 3.8) is 0 Å². The molecule has 96 valence electrons. The summed E-state index contributed by atoms with van der Waals surface area (Å²) in [7, 11) is 0. The Morgan fingerprint density at radius 3 is 2.94 bits per heavy atom. The Hall–Kier alpha value is -1.58. The summed E-state index contributed by atoms with van der Waals surface area (Å²) in [6, 6.07) is 5.09. The van der Waals surface area contributed by atoms with Gasteiger partial charge in [0.25, 0.3) is 0 Å². The first-order chi connectivity index (χ1) is 8.69. The van der Waals surface area contributed by atoms with Crippen LogP contribution in [0.4, 0.5) is 10.3 Å². The molecule has 1 atom stereocenters. The Bertz CT molecular complexity index is 572. The highest BCUT2D eigenvalue weighted by Crippen LogP contribution is 2.39. The number of hydrogen-bond donors (Lipinski definition) is 1. The SMILES string of the molecule is CCC(CC1CC1)n1c(N)nc2cc(F)ccc21. The Labute approximate surface area is 106 Å².